The molecule has 0 bridgehead atoms. The second kappa shape index (κ2) is 7.21. The molecule has 29 heavy (non-hydrogen) atoms. The van der Waals surface area contributed by atoms with E-state index < -0.39 is 11.7 Å². The Labute approximate surface area is 169 Å². The van der Waals surface area contributed by atoms with Gasteiger partial charge in [-0.05, 0) is 63.8 Å². The monoisotopic (exact) mass is 389 g/mol. The molecule has 1 aromatic carbocycles. The van der Waals surface area contributed by atoms with E-state index >= 15 is 0 Å². The van der Waals surface area contributed by atoms with E-state index in [0.29, 0.717) is 11.7 Å². The molecule has 1 saturated carbocycles. The summed E-state index contributed by atoms with van der Waals surface area (Å²) in [4.78, 5) is 20.5. The van der Waals surface area contributed by atoms with E-state index in [2.05, 4.69) is 25.9 Å². The standard InChI is InChI=1S/C22H23N5O2/c1-22(2,3)29-21(28)25-16-9-7-14(8-10-16)18-11-15-13-24-19(12-23)26-20(15)27(18)17-5-4-6-17/h7-11,13,17H,4-6H2,1-3H3,(H,25,28). The molecule has 2 heterocycles. The lowest BCUT2D eigenvalue weighted by atomic mass is 9.92. The van der Waals surface area contributed by atoms with Crippen LogP contribution in [0, 0.1) is 11.3 Å². The predicted molar refractivity (Wildman–Crippen MR) is 110 cm³/mol. The van der Waals surface area contributed by atoms with E-state index in [0.717, 1.165) is 35.1 Å². The minimum Gasteiger partial charge on any atom is -0.444 e. The Morgan fingerprint density at radius 3 is 2.59 bits per heavy atom. The molecule has 1 aliphatic rings. The molecule has 0 atom stereocenters. The topological polar surface area (TPSA) is 92.8 Å². The molecule has 0 unspecified atom stereocenters. The number of hydrogen-bond donors (Lipinski definition) is 1. The third-order valence-corrected chi connectivity index (χ3v) is 4.94. The van der Waals surface area contributed by atoms with Crippen molar-refractivity contribution in [3.63, 3.8) is 0 Å². The van der Waals surface area contributed by atoms with Gasteiger partial charge >= 0.3 is 6.09 Å². The smallest absolute Gasteiger partial charge is 0.412 e. The molecule has 1 fully saturated rings. The summed E-state index contributed by atoms with van der Waals surface area (Å²) in [6.45, 7) is 5.49. The third-order valence-electron chi connectivity index (χ3n) is 4.94. The molecular weight excluding hydrogens is 366 g/mol. The minimum atomic E-state index is -0.545. The quantitative estimate of drug-likeness (QED) is 0.677. The van der Waals surface area contributed by atoms with E-state index in [4.69, 9.17) is 10.00 Å². The normalized spacial score (nSPS) is 14.3. The molecule has 3 aromatic rings. The lowest BCUT2D eigenvalue weighted by Crippen LogP contribution is -2.27. The summed E-state index contributed by atoms with van der Waals surface area (Å²) >= 11 is 0. The number of nitrogens with zero attached hydrogens (tertiary/aromatic N) is 4. The Morgan fingerprint density at radius 1 is 1.28 bits per heavy atom. The van der Waals surface area contributed by atoms with E-state index in [1.165, 1.54) is 6.42 Å². The first-order valence-electron chi connectivity index (χ1n) is 9.72. The maximum Gasteiger partial charge on any atom is 0.412 e. The SMILES string of the molecule is CC(C)(C)OC(=O)Nc1ccc(-c2cc3cnc(C#N)nc3n2C2CCC2)cc1. The number of ether oxygens (including phenoxy) is 1. The summed E-state index contributed by atoms with van der Waals surface area (Å²) < 4.78 is 7.52. The number of benzene rings is 1. The predicted octanol–water partition coefficient (Wildman–Crippen LogP) is 5.04. The van der Waals surface area contributed by atoms with Crippen LogP contribution in [0.2, 0.25) is 0 Å². The molecule has 2 aromatic heterocycles. The molecule has 148 valence electrons. The number of carbonyl (C=O) groups excluding carboxylic acids is 1. The van der Waals surface area contributed by atoms with Crippen LogP contribution in [0.1, 0.15) is 51.9 Å². The summed E-state index contributed by atoms with van der Waals surface area (Å²) in [7, 11) is 0. The fourth-order valence-corrected chi connectivity index (χ4v) is 3.44. The Kier molecular flexibility index (Phi) is 4.71. The highest BCUT2D eigenvalue weighted by molar-refractivity contribution is 5.87. The van der Waals surface area contributed by atoms with Gasteiger partial charge in [-0.15, -0.1) is 0 Å². The average Bonchev–Trinajstić information content (AvgIpc) is 2.97. The van der Waals surface area contributed by atoms with Crippen LogP contribution in [-0.2, 0) is 4.74 Å². The van der Waals surface area contributed by atoms with Crippen molar-refractivity contribution in [2.24, 2.45) is 0 Å². The molecule has 1 N–H and O–H groups in total. The molecule has 1 aliphatic carbocycles. The van der Waals surface area contributed by atoms with Gasteiger partial charge in [0.1, 0.15) is 17.3 Å². The highest BCUT2D eigenvalue weighted by atomic mass is 16.6. The number of fused-ring (bicyclic) bond motifs is 1. The number of anilines is 1. The minimum absolute atomic E-state index is 0.180. The zero-order valence-corrected chi connectivity index (χ0v) is 16.8. The van der Waals surface area contributed by atoms with Gasteiger partial charge in [0, 0.05) is 23.3 Å². The lowest BCUT2D eigenvalue weighted by Gasteiger charge is -2.29. The summed E-state index contributed by atoms with van der Waals surface area (Å²) in [5, 5.41) is 12.8. The number of nitrogens with one attached hydrogen (secondary N) is 1. The maximum atomic E-state index is 12.0. The Hall–Kier alpha value is -3.40. The van der Waals surface area contributed by atoms with Gasteiger partial charge in [0.15, 0.2) is 0 Å². The van der Waals surface area contributed by atoms with Crippen LogP contribution in [0.3, 0.4) is 0 Å². The van der Waals surface area contributed by atoms with E-state index in [1.807, 2.05) is 51.1 Å². The summed E-state index contributed by atoms with van der Waals surface area (Å²) in [6, 6.07) is 12.1. The Morgan fingerprint density at radius 2 is 2.00 bits per heavy atom. The van der Waals surface area contributed by atoms with Gasteiger partial charge in [-0.1, -0.05) is 12.1 Å². The molecular formula is C22H23N5O2. The van der Waals surface area contributed by atoms with Gasteiger partial charge in [0.25, 0.3) is 0 Å². The molecule has 7 nitrogen and oxygen atoms in total. The van der Waals surface area contributed by atoms with Crippen molar-refractivity contribution >= 4 is 22.8 Å². The van der Waals surface area contributed by atoms with Crippen molar-refractivity contribution in [3.8, 4) is 17.3 Å². The first-order valence-corrected chi connectivity index (χ1v) is 9.72. The van der Waals surface area contributed by atoms with Gasteiger partial charge in [-0.3, -0.25) is 5.32 Å². The molecule has 0 spiro atoms. The second-order valence-electron chi connectivity index (χ2n) is 8.27. The van der Waals surface area contributed by atoms with Crippen molar-refractivity contribution in [1.29, 1.82) is 5.26 Å². The van der Waals surface area contributed by atoms with Gasteiger partial charge in [-0.25, -0.2) is 14.8 Å². The number of aromatic nitrogens is 3. The zero-order chi connectivity index (χ0) is 20.6. The number of amides is 1. The van der Waals surface area contributed by atoms with Crippen molar-refractivity contribution in [2.75, 3.05) is 5.32 Å². The van der Waals surface area contributed by atoms with Crippen molar-refractivity contribution in [1.82, 2.24) is 14.5 Å². The van der Waals surface area contributed by atoms with Crippen LogP contribution in [0.25, 0.3) is 22.3 Å². The number of hydrogen-bond acceptors (Lipinski definition) is 5. The molecule has 7 heteroatoms. The van der Waals surface area contributed by atoms with Crippen LogP contribution < -0.4 is 5.32 Å². The number of nitriles is 1. The highest BCUT2D eigenvalue weighted by Gasteiger charge is 2.25. The maximum absolute atomic E-state index is 12.0. The second-order valence-corrected chi connectivity index (χ2v) is 8.27. The highest BCUT2D eigenvalue weighted by Crippen LogP contribution is 2.39. The average molecular weight is 389 g/mol. The van der Waals surface area contributed by atoms with E-state index in [-0.39, 0.29) is 5.82 Å². The van der Waals surface area contributed by atoms with Crippen molar-refractivity contribution in [3.05, 3.63) is 42.4 Å². The van der Waals surface area contributed by atoms with Crippen LogP contribution >= 0.6 is 0 Å². The molecule has 0 radical (unpaired) electrons. The fourth-order valence-electron chi connectivity index (χ4n) is 3.44. The summed E-state index contributed by atoms with van der Waals surface area (Å²) in [5.41, 5.74) is 2.98. The molecule has 0 saturated heterocycles. The van der Waals surface area contributed by atoms with Gasteiger partial charge < -0.3 is 9.30 Å². The van der Waals surface area contributed by atoms with Crippen LogP contribution in [0.15, 0.2) is 36.5 Å². The van der Waals surface area contributed by atoms with E-state index in [1.54, 1.807) is 6.20 Å². The summed E-state index contributed by atoms with van der Waals surface area (Å²) in [5.74, 6) is 0.180. The summed E-state index contributed by atoms with van der Waals surface area (Å²) in [6.07, 6.45) is 4.62. The molecule has 0 aliphatic heterocycles. The van der Waals surface area contributed by atoms with Gasteiger partial charge in [-0.2, -0.15) is 5.26 Å². The fraction of sp³-hybridized carbons (Fsp3) is 0.364. The number of carbonyl (C=O) groups is 1. The van der Waals surface area contributed by atoms with Gasteiger partial charge in [0.05, 0.1) is 5.69 Å². The van der Waals surface area contributed by atoms with E-state index in [9.17, 15) is 4.79 Å². The first kappa shape index (κ1) is 18.9. The van der Waals surface area contributed by atoms with Crippen LogP contribution in [0.5, 0.6) is 0 Å². The van der Waals surface area contributed by atoms with Crippen LogP contribution in [0.4, 0.5) is 10.5 Å². The molecule has 4 rings (SSSR count). The third kappa shape index (κ3) is 3.92. The van der Waals surface area contributed by atoms with Crippen LogP contribution in [-0.4, -0.2) is 26.2 Å². The Bertz CT molecular complexity index is 1100. The lowest BCUT2D eigenvalue weighted by molar-refractivity contribution is 0.0636. The first-order chi connectivity index (χ1) is 13.8. The van der Waals surface area contributed by atoms with Crippen molar-refractivity contribution in [2.45, 2.75) is 51.7 Å². The largest absolute Gasteiger partial charge is 0.444 e. The Balaban J connectivity index is 1.66. The zero-order valence-electron chi connectivity index (χ0n) is 16.8. The van der Waals surface area contributed by atoms with Crippen molar-refractivity contribution < 1.29 is 9.53 Å². The van der Waals surface area contributed by atoms with Gasteiger partial charge in [0.2, 0.25) is 5.82 Å². The number of rotatable bonds is 3. The molecule has 1 amide bonds.